The third-order valence-corrected chi connectivity index (χ3v) is 6.86. The second kappa shape index (κ2) is 10.0. The van der Waals surface area contributed by atoms with E-state index in [0.717, 1.165) is 22.8 Å². The molecule has 1 fully saturated rings. The van der Waals surface area contributed by atoms with E-state index in [2.05, 4.69) is 42.3 Å². The van der Waals surface area contributed by atoms with Crippen molar-refractivity contribution in [1.29, 1.82) is 0 Å². The molecule has 0 bridgehead atoms. The van der Waals surface area contributed by atoms with Crippen LogP contribution < -0.4 is 5.32 Å². The van der Waals surface area contributed by atoms with E-state index in [1.165, 1.54) is 22.9 Å². The lowest BCUT2D eigenvalue weighted by Gasteiger charge is -2.32. The van der Waals surface area contributed by atoms with Crippen LogP contribution in [0.3, 0.4) is 0 Å². The van der Waals surface area contributed by atoms with E-state index in [1.807, 2.05) is 47.4 Å². The summed E-state index contributed by atoms with van der Waals surface area (Å²) in [4.78, 5) is 33.1. The van der Waals surface area contributed by atoms with Crippen molar-refractivity contribution in [3.05, 3.63) is 89.1 Å². The lowest BCUT2D eigenvalue weighted by atomic mass is 10.0. The van der Waals surface area contributed by atoms with Crippen LogP contribution in [0.5, 0.6) is 0 Å². The lowest BCUT2D eigenvalue weighted by molar-refractivity contribution is 0.0694. The summed E-state index contributed by atoms with van der Waals surface area (Å²) < 4.78 is 0. The summed E-state index contributed by atoms with van der Waals surface area (Å²) in [5, 5.41) is 3.82. The van der Waals surface area contributed by atoms with Gasteiger partial charge in [0.25, 0.3) is 11.8 Å². The van der Waals surface area contributed by atoms with Crippen LogP contribution in [0.15, 0.2) is 76.8 Å². The zero-order valence-electron chi connectivity index (χ0n) is 18.4. The van der Waals surface area contributed by atoms with Crippen LogP contribution in [0.25, 0.3) is 0 Å². The van der Waals surface area contributed by atoms with Gasteiger partial charge in [-0.15, -0.1) is 0 Å². The first-order valence-electron chi connectivity index (χ1n) is 10.9. The zero-order chi connectivity index (χ0) is 22.5. The topological polar surface area (TPSA) is 62.3 Å². The van der Waals surface area contributed by atoms with Crippen molar-refractivity contribution < 1.29 is 9.59 Å². The van der Waals surface area contributed by atoms with Crippen LogP contribution in [0.4, 0.5) is 0 Å². The fraction of sp³-hybridized carbons (Fsp3) is 0.269. The first-order chi connectivity index (χ1) is 15.5. The van der Waals surface area contributed by atoms with E-state index < -0.39 is 0 Å². The summed E-state index contributed by atoms with van der Waals surface area (Å²) in [5.41, 5.74) is 3.75. The number of aromatic nitrogens is 1. The molecule has 0 saturated carbocycles. The second-order valence-electron chi connectivity index (χ2n) is 8.11. The van der Waals surface area contributed by atoms with Crippen molar-refractivity contribution >= 4 is 23.6 Å². The van der Waals surface area contributed by atoms with Crippen molar-refractivity contribution in [3.8, 4) is 0 Å². The van der Waals surface area contributed by atoms with Gasteiger partial charge in [0.15, 0.2) is 0 Å². The number of pyridine rings is 1. The highest BCUT2D eigenvalue weighted by atomic mass is 32.2. The molecule has 0 aliphatic carbocycles. The summed E-state index contributed by atoms with van der Waals surface area (Å²) in [6.45, 7) is 5.40. The SMILES string of the molecule is Cc1ccc(Sc2ncccc2C(=O)N2CCC(NC(=O)c3ccccc3)CC2)cc1C. The van der Waals surface area contributed by atoms with Gasteiger partial charge in [-0.3, -0.25) is 9.59 Å². The summed E-state index contributed by atoms with van der Waals surface area (Å²) in [6, 6.07) is 19.3. The number of aryl methyl sites for hydroxylation is 2. The predicted octanol–water partition coefficient (Wildman–Crippen LogP) is 4.88. The maximum atomic E-state index is 13.3. The van der Waals surface area contributed by atoms with Crippen LogP contribution in [-0.4, -0.2) is 40.8 Å². The Morgan fingerprint density at radius 2 is 1.72 bits per heavy atom. The predicted molar refractivity (Wildman–Crippen MR) is 127 cm³/mol. The van der Waals surface area contributed by atoms with Crippen molar-refractivity contribution in [2.24, 2.45) is 0 Å². The molecule has 32 heavy (non-hydrogen) atoms. The summed E-state index contributed by atoms with van der Waals surface area (Å²) in [5.74, 6) is -0.0630. The Morgan fingerprint density at radius 1 is 0.969 bits per heavy atom. The van der Waals surface area contributed by atoms with Crippen molar-refractivity contribution in [2.45, 2.75) is 42.7 Å². The van der Waals surface area contributed by atoms with Crippen molar-refractivity contribution in [2.75, 3.05) is 13.1 Å². The average molecular weight is 446 g/mol. The molecule has 0 atom stereocenters. The Balaban J connectivity index is 1.39. The van der Waals surface area contributed by atoms with Gasteiger partial charge in [-0.05, 0) is 74.2 Å². The zero-order valence-corrected chi connectivity index (χ0v) is 19.2. The number of likely N-dealkylation sites (tertiary alicyclic amines) is 1. The van der Waals surface area contributed by atoms with Crippen LogP contribution in [-0.2, 0) is 0 Å². The van der Waals surface area contributed by atoms with E-state index in [9.17, 15) is 9.59 Å². The molecule has 2 amide bonds. The molecule has 2 heterocycles. The minimum atomic E-state index is -0.0605. The molecular weight excluding hydrogens is 418 g/mol. The molecule has 2 aromatic carbocycles. The van der Waals surface area contributed by atoms with E-state index in [4.69, 9.17) is 0 Å². The Kier molecular flexibility index (Phi) is 6.90. The van der Waals surface area contributed by atoms with Gasteiger partial charge in [-0.2, -0.15) is 0 Å². The minimum Gasteiger partial charge on any atom is -0.349 e. The largest absolute Gasteiger partial charge is 0.349 e. The van der Waals surface area contributed by atoms with Crippen LogP contribution in [0.2, 0.25) is 0 Å². The van der Waals surface area contributed by atoms with Gasteiger partial charge in [0.2, 0.25) is 0 Å². The molecule has 1 aliphatic heterocycles. The number of benzene rings is 2. The molecule has 1 N–H and O–H groups in total. The molecule has 164 valence electrons. The highest BCUT2D eigenvalue weighted by Crippen LogP contribution is 2.31. The number of hydrogen-bond donors (Lipinski definition) is 1. The van der Waals surface area contributed by atoms with Crippen LogP contribution in [0.1, 0.15) is 44.7 Å². The van der Waals surface area contributed by atoms with Gasteiger partial charge >= 0.3 is 0 Å². The number of amides is 2. The first kappa shape index (κ1) is 22.1. The van der Waals surface area contributed by atoms with E-state index in [0.29, 0.717) is 24.2 Å². The molecule has 0 spiro atoms. The maximum absolute atomic E-state index is 13.3. The quantitative estimate of drug-likeness (QED) is 0.608. The van der Waals surface area contributed by atoms with E-state index in [1.54, 1.807) is 6.20 Å². The third-order valence-electron chi connectivity index (χ3n) is 5.85. The molecule has 5 nitrogen and oxygen atoms in total. The molecular formula is C26H27N3O2S. The Labute approximate surface area is 193 Å². The molecule has 0 unspecified atom stereocenters. The van der Waals surface area contributed by atoms with Gasteiger partial charge < -0.3 is 10.2 Å². The van der Waals surface area contributed by atoms with E-state index >= 15 is 0 Å². The second-order valence-corrected chi connectivity index (χ2v) is 9.17. The normalized spacial score (nSPS) is 14.2. The number of nitrogens with one attached hydrogen (secondary N) is 1. The number of nitrogens with zero attached hydrogens (tertiary/aromatic N) is 2. The lowest BCUT2D eigenvalue weighted by Crippen LogP contribution is -2.46. The molecule has 1 aromatic heterocycles. The fourth-order valence-electron chi connectivity index (χ4n) is 3.78. The number of piperidine rings is 1. The Bertz CT molecular complexity index is 1110. The van der Waals surface area contributed by atoms with Gasteiger partial charge in [0.1, 0.15) is 5.03 Å². The molecule has 1 saturated heterocycles. The molecule has 4 rings (SSSR count). The van der Waals surface area contributed by atoms with Crippen LogP contribution in [0, 0.1) is 13.8 Å². The first-order valence-corrected chi connectivity index (χ1v) is 11.7. The number of rotatable bonds is 5. The number of carbonyl (C=O) groups excluding carboxylic acids is 2. The molecule has 0 radical (unpaired) electrons. The molecule has 3 aromatic rings. The maximum Gasteiger partial charge on any atom is 0.256 e. The van der Waals surface area contributed by atoms with Gasteiger partial charge in [-0.25, -0.2) is 4.98 Å². The Hall–Kier alpha value is -3.12. The van der Waals surface area contributed by atoms with Crippen LogP contribution >= 0.6 is 11.8 Å². The van der Waals surface area contributed by atoms with Crippen molar-refractivity contribution in [3.63, 3.8) is 0 Å². The molecule has 6 heteroatoms. The van der Waals surface area contributed by atoms with Crippen molar-refractivity contribution in [1.82, 2.24) is 15.2 Å². The van der Waals surface area contributed by atoms with Gasteiger partial charge in [-0.1, -0.05) is 36.0 Å². The fourth-order valence-corrected chi connectivity index (χ4v) is 4.75. The highest BCUT2D eigenvalue weighted by molar-refractivity contribution is 7.99. The monoisotopic (exact) mass is 445 g/mol. The van der Waals surface area contributed by atoms with Gasteiger partial charge in [0, 0.05) is 35.8 Å². The highest BCUT2D eigenvalue weighted by Gasteiger charge is 2.26. The van der Waals surface area contributed by atoms with E-state index in [-0.39, 0.29) is 17.9 Å². The standard InChI is InChI=1S/C26H27N3O2S/c1-18-10-11-22(17-19(18)2)32-25-23(9-6-14-27-25)26(31)29-15-12-21(13-16-29)28-24(30)20-7-4-3-5-8-20/h3-11,14,17,21H,12-13,15-16H2,1-2H3,(H,28,30). The third kappa shape index (κ3) is 5.19. The minimum absolute atomic E-state index is 0.00253. The van der Waals surface area contributed by atoms with Gasteiger partial charge in [0.05, 0.1) is 5.56 Å². The molecule has 1 aliphatic rings. The number of hydrogen-bond acceptors (Lipinski definition) is 4. The Morgan fingerprint density at radius 3 is 2.44 bits per heavy atom. The smallest absolute Gasteiger partial charge is 0.256 e. The number of carbonyl (C=O) groups is 2. The average Bonchev–Trinajstić information content (AvgIpc) is 2.82. The summed E-state index contributed by atoms with van der Waals surface area (Å²) in [7, 11) is 0. The summed E-state index contributed by atoms with van der Waals surface area (Å²) >= 11 is 1.52. The summed E-state index contributed by atoms with van der Waals surface area (Å²) in [6.07, 6.45) is 3.21.